The molecule has 1 aromatic carbocycles. The zero-order valence-electron chi connectivity index (χ0n) is 12.0. The van der Waals surface area contributed by atoms with Gasteiger partial charge in [0.25, 0.3) is 5.69 Å². The van der Waals surface area contributed by atoms with Crippen LogP contribution in [0.2, 0.25) is 0 Å². The van der Waals surface area contributed by atoms with Crippen molar-refractivity contribution < 1.29 is 4.92 Å². The highest BCUT2D eigenvalue weighted by molar-refractivity contribution is 7.99. The second-order valence-electron chi connectivity index (χ2n) is 4.77. The van der Waals surface area contributed by atoms with Crippen molar-refractivity contribution in [1.29, 1.82) is 0 Å². The van der Waals surface area contributed by atoms with Gasteiger partial charge in [0.05, 0.1) is 10.6 Å². The molecule has 0 aromatic heterocycles. The molecule has 0 aliphatic carbocycles. The highest BCUT2D eigenvalue weighted by atomic mass is 32.2. The second-order valence-corrected chi connectivity index (χ2v) is 5.91. The third kappa shape index (κ3) is 3.43. The van der Waals surface area contributed by atoms with Gasteiger partial charge in [0.2, 0.25) is 0 Å². The van der Waals surface area contributed by atoms with E-state index >= 15 is 0 Å². The summed E-state index contributed by atoms with van der Waals surface area (Å²) in [6.45, 7) is 9.50. The van der Waals surface area contributed by atoms with Crippen molar-refractivity contribution in [1.82, 2.24) is 4.90 Å². The molecule has 0 bridgehead atoms. The Labute approximate surface area is 124 Å². The lowest BCUT2D eigenvalue weighted by Gasteiger charge is -2.32. The molecule has 1 aromatic rings. The van der Waals surface area contributed by atoms with Crippen LogP contribution in [0.4, 0.5) is 11.4 Å². The fourth-order valence-electron chi connectivity index (χ4n) is 2.41. The van der Waals surface area contributed by atoms with Crippen molar-refractivity contribution in [2.45, 2.75) is 18.7 Å². The summed E-state index contributed by atoms with van der Waals surface area (Å²) in [7, 11) is 0. The maximum absolute atomic E-state index is 10.8. The first kappa shape index (κ1) is 15.1. The van der Waals surface area contributed by atoms with Crippen molar-refractivity contribution in [2.24, 2.45) is 0 Å². The van der Waals surface area contributed by atoms with Crippen molar-refractivity contribution >= 4 is 23.1 Å². The Morgan fingerprint density at radius 3 is 2.80 bits per heavy atom. The van der Waals surface area contributed by atoms with E-state index in [2.05, 4.69) is 23.6 Å². The molecule has 0 saturated heterocycles. The lowest BCUT2D eigenvalue weighted by Crippen LogP contribution is -2.37. The summed E-state index contributed by atoms with van der Waals surface area (Å²) >= 11 is 1.71. The number of hydrogen-bond acceptors (Lipinski definition) is 5. The molecule has 0 unspecified atom stereocenters. The third-order valence-electron chi connectivity index (χ3n) is 3.69. The Bertz CT molecular complexity index is 477. The van der Waals surface area contributed by atoms with Crippen LogP contribution in [0.15, 0.2) is 23.1 Å². The summed E-state index contributed by atoms with van der Waals surface area (Å²) in [6.07, 6.45) is 0. The number of non-ortho nitro benzene ring substituents is 1. The Morgan fingerprint density at radius 2 is 2.15 bits per heavy atom. The van der Waals surface area contributed by atoms with Gasteiger partial charge in [0.1, 0.15) is 0 Å². The van der Waals surface area contributed by atoms with E-state index in [0.29, 0.717) is 0 Å². The smallest absolute Gasteiger partial charge is 0.270 e. The van der Waals surface area contributed by atoms with E-state index in [4.69, 9.17) is 0 Å². The molecule has 1 aliphatic rings. The number of thioether (sulfide) groups is 1. The fourth-order valence-corrected chi connectivity index (χ4v) is 3.49. The van der Waals surface area contributed by atoms with Crippen LogP contribution in [-0.2, 0) is 0 Å². The van der Waals surface area contributed by atoms with Crippen LogP contribution in [0.25, 0.3) is 0 Å². The van der Waals surface area contributed by atoms with Gasteiger partial charge in [-0.05, 0) is 19.2 Å². The quantitative estimate of drug-likeness (QED) is 0.596. The molecule has 2 rings (SSSR count). The molecule has 0 radical (unpaired) electrons. The predicted molar refractivity (Wildman–Crippen MR) is 83.8 cm³/mol. The van der Waals surface area contributed by atoms with E-state index in [0.717, 1.165) is 49.1 Å². The van der Waals surface area contributed by atoms with Crippen LogP contribution in [0, 0.1) is 10.1 Å². The zero-order chi connectivity index (χ0) is 14.5. The second kappa shape index (κ2) is 6.95. The summed E-state index contributed by atoms with van der Waals surface area (Å²) in [5.41, 5.74) is 1.32. The van der Waals surface area contributed by atoms with E-state index < -0.39 is 0 Å². The molecule has 1 aliphatic heterocycles. The van der Waals surface area contributed by atoms with Crippen molar-refractivity contribution in [3.63, 3.8) is 0 Å². The Hall–Kier alpha value is -1.27. The Balaban J connectivity index is 2.10. The van der Waals surface area contributed by atoms with Crippen molar-refractivity contribution in [2.75, 3.05) is 43.4 Å². The molecule has 110 valence electrons. The minimum Gasteiger partial charge on any atom is -0.368 e. The number of nitro benzene ring substituents is 1. The van der Waals surface area contributed by atoms with Gasteiger partial charge in [-0.2, -0.15) is 0 Å². The molecule has 6 heteroatoms. The Morgan fingerprint density at radius 1 is 1.40 bits per heavy atom. The van der Waals surface area contributed by atoms with Gasteiger partial charge in [-0.3, -0.25) is 10.1 Å². The van der Waals surface area contributed by atoms with Crippen LogP contribution in [0.1, 0.15) is 13.8 Å². The first-order valence-corrected chi connectivity index (χ1v) is 8.02. The number of fused-ring (bicyclic) bond motifs is 1. The molecule has 5 nitrogen and oxygen atoms in total. The normalized spacial score (nSPS) is 14.4. The predicted octanol–water partition coefficient (Wildman–Crippen LogP) is 2.85. The van der Waals surface area contributed by atoms with E-state index in [1.54, 1.807) is 23.9 Å². The minimum absolute atomic E-state index is 0.182. The van der Waals surface area contributed by atoms with E-state index in [9.17, 15) is 10.1 Å². The van der Waals surface area contributed by atoms with Crippen LogP contribution in [-0.4, -0.2) is 48.3 Å². The Kier molecular flexibility index (Phi) is 5.25. The average molecular weight is 295 g/mol. The molecule has 0 fully saturated rings. The van der Waals surface area contributed by atoms with Crippen LogP contribution in [0.3, 0.4) is 0 Å². The van der Waals surface area contributed by atoms with E-state index in [1.807, 2.05) is 6.07 Å². The molecular formula is C14H21N3O2S. The molecule has 0 N–H and O–H groups in total. The maximum Gasteiger partial charge on any atom is 0.270 e. The van der Waals surface area contributed by atoms with Gasteiger partial charge < -0.3 is 9.80 Å². The summed E-state index contributed by atoms with van der Waals surface area (Å²) in [4.78, 5) is 16.3. The highest BCUT2D eigenvalue weighted by Crippen LogP contribution is 2.36. The lowest BCUT2D eigenvalue weighted by molar-refractivity contribution is -0.385. The average Bonchev–Trinajstić information content (AvgIpc) is 2.47. The maximum atomic E-state index is 10.8. The van der Waals surface area contributed by atoms with E-state index in [1.165, 1.54) is 0 Å². The van der Waals surface area contributed by atoms with Gasteiger partial charge in [0, 0.05) is 42.4 Å². The number of nitro groups is 1. The van der Waals surface area contributed by atoms with Gasteiger partial charge in [-0.1, -0.05) is 13.8 Å². The molecular weight excluding hydrogens is 274 g/mol. The standard InChI is InChI=1S/C14H21N3O2S/c1-3-15(4-2)7-8-16-9-10-20-14-11-12(17(18)19)5-6-13(14)16/h5-6,11H,3-4,7-10H2,1-2H3. The third-order valence-corrected chi connectivity index (χ3v) is 4.72. The number of rotatable bonds is 6. The summed E-state index contributed by atoms with van der Waals surface area (Å²) < 4.78 is 0. The molecule has 1 heterocycles. The summed E-state index contributed by atoms with van der Waals surface area (Å²) in [6, 6.07) is 5.19. The van der Waals surface area contributed by atoms with Crippen LogP contribution >= 0.6 is 11.8 Å². The van der Waals surface area contributed by atoms with E-state index in [-0.39, 0.29) is 10.6 Å². The lowest BCUT2D eigenvalue weighted by atomic mass is 10.2. The molecule has 0 spiro atoms. The number of anilines is 1. The van der Waals surface area contributed by atoms with Crippen molar-refractivity contribution in [3.05, 3.63) is 28.3 Å². The summed E-state index contributed by atoms with van der Waals surface area (Å²) in [5, 5.41) is 10.8. The highest BCUT2D eigenvalue weighted by Gasteiger charge is 2.20. The minimum atomic E-state index is -0.324. The number of benzene rings is 1. The number of hydrogen-bond donors (Lipinski definition) is 0. The first-order chi connectivity index (χ1) is 9.65. The molecule has 0 atom stereocenters. The van der Waals surface area contributed by atoms with Crippen LogP contribution < -0.4 is 4.90 Å². The van der Waals surface area contributed by atoms with Crippen LogP contribution in [0.5, 0.6) is 0 Å². The monoisotopic (exact) mass is 295 g/mol. The van der Waals surface area contributed by atoms with Gasteiger partial charge in [-0.25, -0.2) is 0 Å². The summed E-state index contributed by atoms with van der Waals surface area (Å²) in [5.74, 6) is 0.992. The van der Waals surface area contributed by atoms with Gasteiger partial charge in [0.15, 0.2) is 0 Å². The first-order valence-electron chi connectivity index (χ1n) is 7.04. The molecule has 20 heavy (non-hydrogen) atoms. The molecule has 0 saturated carbocycles. The SMILES string of the molecule is CCN(CC)CCN1CCSc2cc([N+](=O)[O-])ccc21. The van der Waals surface area contributed by atoms with Crippen molar-refractivity contribution in [3.8, 4) is 0 Å². The molecule has 0 amide bonds. The number of likely N-dealkylation sites (N-methyl/N-ethyl adjacent to an activating group) is 1. The number of nitrogens with zero attached hydrogens (tertiary/aromatic N) is 3. The van der Waals surface area contributed by atoms with Gasteiger partial charge in [-0.15, -0.1) is 11.8 Å². The van der Waals surface area contributed by atoms with Gasteiger partial charge >= 0.3 is 0 Å². The topological polar surface area (TPSA) is 49.6 Å². The largest absolute Gasteiger partial charge is 0.368 e. The fraction of sp³-hybridized carbons (Fsp3) is 0.571. The zero-order valence-corrected chi connectivity index (χ0v) is 12.9.